The largest absolute Gasteiger partial charge is 0.437 e. The molecule has 15 heavy (non-hydrogen) atoms. The Bertz CT molecular complexity index is 397. The number of H-pyrrole nitrogens is 1. The smallest absolute Gasteiger partial charge is 0.280 e. The van der Waals surface area contributed by atoms with E-state index in [-0.39, 0.29) is 18.1 Å². The van der Waals surface area contributed by atoms with Crippen LogP contribution in [0.15, 0.2) is 4.99 Å². The normalized spacial score (nSPS) is 16.4. The number of hydroxylamine groups is 1. The zero-order valence-corrected chi connectivity index (χ0v) is 7.67. The van der Waals surface area contributed by atoms with Crippen LogP contribution in [0.2, 0.25) is 0 Å². The van der Waals surface area contributed by atoms with Crippen LogP contribution in [0.5, 0.6) is 0 Å². The van der Waals surface area contributed by atoms with Crippen molar-refractivity contribution in [2.24, 2.45) is 4.99 Å². The first kappa shape index (κ1) is 9.97. The molecule has 1 aromatic rings. The zero-order valence-electron chi connectivity index (χ0n) is 7.67. The Balaban J connectivity index is 2.44. The fraction of sp³-hybridized carbons (Fsp3) is 0.429. The van der Waals surface area contributed by atoms with Gasteiger partial charge in [0.25, 0.3) is 0 Å². The lowest BCUT2D eigenvalue weighted by Crippen LogP contribution is -2.20. The average Bonchev–Trinajstić information content (AvgIpc) is 2.69. The van der Waals surface area contributed by atoms with Gasteiger partial charge in [0.15, 0.2) is 12.4 Å². The summed E-state index contributed by atoms with van der Waals surface area (Å²) in [6.07, 6.45) is -3.33. The molecule has 0 saturated carbocycles. The predicted octanol–water partition coefficient (Wildman–Crippen LogP) is 1.47. The summed E-state index contributed by atoms with van der Waals surface area (Å²) in [6.45, 7) is 1.50. The Morgan fingerprint density at radius 3 is 2.80 bits per heavy atom. The summed E-state index contributed by atoms with van der Waals surface area (Å²) in [5, 5.41) is 6.43. The Kier molecular flexibility index (Phi) is 2.14. The number of rotatable bonds is 1. The highest BCUT2D eigenvalue weighted by molar-refractivity contribution is 5.80. The number of aromatic nitrogens is 2. The molecule has 5 nitrogen and oxygen atoms in total. The number of nitrogens with one attached hydrogen (secondary N) is 1. The summed E-state index contributed by atoms with van der Waals surface area (Å²) in [4.78, 5) is 8.52. The molecule has 0 saturated heterocycles. The predicted molar refractivity (Wildman–Crippen MR) is 45.2 cm³/mol. The van der Waals surface area contributed by atoms with E-state index in [0.717, 1.165) is 5.06 Å². The number of hydrogen-bond acceptors (Lipinski definition) is 4. The van der Waals surface area contributed by atoms with Crippen LogP contribution in [0.1, 0.15) is 11.4 Å². The number of aryl methyl sites for hydroxylation is 1. The molecule has 2 rings (SSSR count). The summed E-state index contributed by atoms with van der Waals surface area (Å²) in [6, 6.07) is 0. The van der Waals surface area contributed by atoms with Gasteiger partial charge in [0.1, 0.15) is 12.0 Å². The van der Waals surface area contributed by atoms with Crippen LogP contribution < -0.4 is 5.06 Å². The van der Waals surface area contributed by atoms with Crippen molar-refractivity contribution in [3.8, 4) is 0 Å². The lowest BCUT2D eigenvalue weighted by atomic mass is 10.3. The number of hydrogen-bond donors (Lipinski definition) is 1. The molecule has 0 spiro atoms. The number of aliphatic imine (C=N–C) groups is 1. The van der Waals surface area contributed by atoms with Gasteiger partial charge in [-0.05, 0) is 6.92 Å². The number of halogens is 3. The molecular weight excluding hydrogens is 213 g/mol. The SMILES string of the molecule is Cc1[nH]nc(C(F)(F)F)c1N1C=NCO1. The van der Waals surface area contributed by atoms with E-state index in [0.29, 0.717) is 0 Å². The van der Waals surface area contributed by atoms with Crippen LogP contribution in [-0.4, -0.2) is 23.3 Å². The highest BCUT2D eigenvalue weighted by Gasteiger charge is 2.39. The molecule has 1 N–H and O–H groups in total. The molecule has 0 unspecified atom stereocenters. The van der Waals surface area contributed by atoms with Crippen molar-refractivity contribution in [3.05, 3.63) is 11.4 Å². The molecule has 1 aromatic heterocycles. The summed E-state index contributed by atoms with van der Waals surface area (Å²) < 4.78 is 37.5. The van der Waals surface area contributed by atoms with E-state index < -0.39 is 11.9 Å². The van der Waals surface area contributed by atoms with E-state index in [1.165, 1.54) is 13.3 Å². The van der Waals surface area contributed by atoms with Crippen LogP contribution in [0.25, 0.3) is 0 Å². The van der Waals surface area contributed by atoms with Gasteiger partial charge in [-0.15, -0.1) is 0 Å². The van der Waals surface area contributed by atoms with Crippen molar-refractivity contribution in [2.45, 2.75) is 13.1 Å². The van der Waals surface area contributed by atoms with Crippen molar-refractivity contribution >= 4 is 12.0 Å². The Labute approximate surface area is 82.5 Å². The molecule has 8 heteroatoms. The van der Waals surface area contributed by atoms with Crippen molar-refractivity contribution in [1.29, 1.82) is 0 Å². The lowest BCUT2D eigenvalue weighted by molar-refractivity contribution is -0.141. The van der Waals surface area contributed by atoms with Gasteiger partial charge >= 0.3 is 6.18 Å². The fourth-order valence-electron chi connectivity index (χ4n) is 1.25. The quantitative estimate of drug-likeness (QED) is 0.779. The molecule has 1 aliphatic heterocycles. The number of alkyl halides is 3. The Morgan fingerprint density at radius 1 is 1.53 bits per heavy atom. The summed E-state index contributed by atoms with van der Waals surface area (Å²) in [7, 11) is 0. The average molecular weight is 220 g/mol. The maximum Gasteiger partial charge on any atom is 0.437 e. The first-order valence-corrected chi connectivity index (χ1v) is 4.04. The summed E-state index contributed by atoms with van der Waals surface area (Å²) in [5.41, 5.74) is -0.882. The van der Waals surface area contributed by atoms with E-state index in [4.69, 9.17) is 4.84 Å². The second-order valence-corrected chi connectivity index (χ2v) is 2.93. The van der Waals surface area contributed by atoms with Crippen LogP contribution in [-0.2, 0) is 11.0 Å². The molecule has 82 valence electrons. The van der Waals surface area contributed by atoms with Crippen LogP contribution in [0.4, 0.5) is 18.9 Å². The molecule has 0 amide bonds. The number of aromatic amines is 1. The third-order valence-corrected chi connectivity index (χ3v) is 1.86. The molecule has 0 aliphatic carbocycles. The minimum absolute atomic E-state index is 0.0158. The van der Waals surface area contributed by atoms with Gasteiger partial charge in [-0.1, -0.05) is 0 Å². The Morgan fingerprint density at radius 2 is 2.27 bits per heavy atom. The van der Waals surface area contributed by atoms with Crippen molar-refractivity contribution < 1.29 is 18.0 Å². The topological polar surface area (TPSA) is 53.5 Å². The van der Waals surface area contributed by atoms with Gasteiger partial charge < -0.3 is 0 Å². The molecule has 0 atom stereocenters. The third-order valence-electron chi connectivity index (χ3n) is 1.86. The first-order chi connectivity index (χ1) is 7.00. The third kappa shape index (κ3) is 1.67. The highest BCUT2D eigenvalue weighted by atomic mass is 19.4. The van der Waals surface area contributed by atoms with Gasteiger partial charge in [0.2, 0.25) is 0 Å². The van der Waals surface area contributed by atoms with E-state index >= 15 is 0 Å². The second kappa shape index (κ2) is 3.23. The van der Waals surface area contributed by atoms with Gasteiger partial charge in [0, 0.05) is 0 Å². The van der Waals surface area contributed by atoms with Crippen LogP contribution in [0, 0.1) is 6.92 Å². The molecule has 1 aliphatic rings. The van der Waals surface area contributed by atoms with Gasteiger partial charge in [-0.3, -0.25) is 5.10 Å². The minimum atomic E-state index is -4.51. The number of anilines is 1. The molecule has 0 radical (unpaired) electrons. The monoisotopic (exact) mass is 220 g/mol. The van der Waals surface area contributed by atoms with Crippen molar-refractivity contribution in [1.82, 2.24) is 10.2 Å². The van der Waals surface area contributed by atoms with Gasteiger partial charge in [-0.2, -0.15) is 18.3 Å². The standard InChI is InChI=1S/C7H7F3N4O/c1-4-5(14-2-11-3-15-14)6(13-12-4)7(8,9)10/h2H,3H2,1H3,(H,12,13). The van der Waals surface area contributed by atoms with E-state index in [1.54, 1.807) is 0 Å². The molecule has 0 bridgehead atoms. The molecular formula is C7H7F3N4O. The molecule has 0 aromatic carbocycles. The first-order valence-electron chi connectivity index (χ1n) is 4.04. The van der Waals surface area contributed by atoms with Gasteiger partial charge in [-0.25, -0.2) is 14.9 Å². The van der Waals surface area contributed by atoms with E-state index in [9.17, 15) is 13.2 Å². The maximum absolute atomic E-state index is 12.5. The maximum atomic E-state index is 12.5. The van der Waals surface area contributed by atoms with Crippen molar-refractivity contribution in [3.63, 3.8) is 0 Å². The van der Waals surface area contributed by atoms with Crippen LogP contribution in [0.3, 0.4) is 0 Å². The molecule has 2 heterocycles. The van der Waals surface area contributed by atoms with E-state index in [2.05, 4.69) is 15.2 Å². The van der Waals surface area contributed by atoms with Crippen LogP contribution >= 0.6 is 0 Å². The number of nitrogens with zero attached hydrogens (tertiary/aromatic N) is 3. The van der Waals surface area contributed by atoms with Gasteiger partial charge in [0.05, 0.1) is 5.69 Å². The second-order valence-electron chi connectivity index (χ2n) is 2.93. The highest BCUT2D eigenvalue weighted by Crippen LogP contribution is 2.36. The van der Waals surface area contributed by atoms with E-state index in [1.807, 2.05) is 0 Å². The Hall–Kier alpha value is -1.57. The fourth-order valence-corrected chi connectivity index (χ4v) is 1.25. The lowest BCUT2D eigenvalue weighted by Gasteiger charge is -2.14. The zero-order chi connectivity index (χ0) is 11.1. The summed E-state index contributed by atoms with van der Waals surface area (Å²) >= 11 is 0. The molecule has 0 fully saturated rings. The summed E-state index contributed by atoms with van der Waals surface area (Å²) in [5.74, 6) is 0. The van der Waals surface area contributed by atoms with Crippen molar-refractivity contribution in [2.75, 3.05) is 11.8 Å². The minimum Gasteiger partial charge on any atom is -0.280 e.